The fourth-order valence-electron chi connectivity index (χ4n) is 1.56. The van der Waals surface area contributed by atoms with Gasteiger partial charge in [0.05, 0.1) is 0 Å². The number of aryl methyl sites for hydroxylation is 1. The van der Waals surface area contributed by atoms with Crippen molar-refractivity contribution in [2.45, 2.75) is 32.7 Å². The molecule has 2 nitrogen and oxygen atoms in total. The maximum absolute atomic E-state index is 12.0. The lowest BCUT2D eigenvalue weighted by Crippen LogP contribution is -2.36. The average molecular weight is 240 g/mol. The summed E-state index contributed by atoms with van der Waals surface area (Å²) < 4.78 is 0. The fourth-order valence-corrected chi connectivity index (χ4v) is 1.86. The van der Waals surface area contributed by atoms with Crippen molar-refractivity contribution in [3.05, 3.63) is 35.4 Å². The van der Waals surface area contributed by atoms with Gasteiger partial charge in [-0.3, -0.25) is 4.79 Å². The number of carbonyl (C=O) groups excluding carboxylic acids is 1. The third-order valence-electron chi connectivity index (χ3n) is 2.66. The lowest BCUT2D eigenvalue weighted by Gasteiger charge is -2.15. The summed E-state index contributed by atoms with van der Waals surface area (Å²) >= 11 is 5.76. The highest BCUT2D eigenvalue weighted by Crippen LogP contribution is 2.10. The van der Waals surface area contributed by atoms with Gasteiger partial charge in [-0.1, -0.05) is 32.0 Å². The minimum Gasteiger partial charge on any atom is -0.348 e. The molecule has 0 spiro atoms. The van der Waals surface area contributed by atoms with E-state index in [4.69, 9.17) is 11.6 Å². The van der Waals surface area contributed by atoms with Crippen LogP contribution in [0.4, 0.5) is 0 Å². The van der Waals surface area contributed by atoms with Crippen LogP contribution in [0, 0.1) is 0 Å². The van der Waals surface area contributed by atoms with Crippen LogP contribution in [0.2, 0.25) is 0 Å². The van der Waals surface area contributed by atoms with Gasteiger partial charge in [0.15, 0.2) is 0 Å². The van der Waals surface area contributed by atoms with Crippen LogP contribution in [0.3, 0.4) is 0 Å². The van der Waals surface area contributed by atoms with Crippen LogP contribution in [0.5, 0.6) is 0 Å². The minimum absolute atomic E-state index is 0.0232. The fraction of sp³-hybridized carbons (Fsp3) is 0.462. The van der Waals surface area contributed by atoms with Gasteiger partial charge in [0.1, 0.15) is 0 Å². The summed E-state index contributed by atoms with van der Waals surface area (Å²) in [5.41, 5.74) is 1.83. The molecule has 1 aromatic rings. The average Bonchev–Trinajstić information content (AvgIpc) is 2.35. The number of hydrogen-bond donors (Lipinski definition) is 1. The van der Waals surface area contributed by atoms with Gasteiger partial charge in [-0.25, -0.2) is 0 Å². The molecule has 0 aliphatic rings. The van der Waals surface area contributed by atoms with Gasteiger partial charge in [-0.2, -0.15) is 0 Å². The van der Waals surface area contributed by atoms with E-state index >= 15 is 0 Å². The summed E-state index contributed by atoms with van der Waals surface area (Å²) in [7, 11) is 0. The second kappa shape index (κ2) is 6.54. The summed E-state index contributed by atoms with van der Waals surface area (Å²) in [4.78, 5) is 12.0. The molecule has 1 N–H and O–H groups in total. The topological polar surface area (TPSA) is 29.1 Å². The Morgan fingerprint density at radius 1 is 1.38 bits per heavy atom. The van der Waals surface area contributed by atoms with E-state index in [1.165, 1.54) is 0 Å². The van der Waals surface area contributed by atoms with Crippen molar-refractivity contribution in [3.8, 4) is 0 Å². The van der Waals surface area contributed by atoms with Gasteiger partial charge in [-0.15, -0.1) is 11.6 Å². The summed E-state index contributed by atoms with van der Waals surface area (Å²) in [5.74, 6) is 0.432. The predicted octanol–water partition coefficient (Wildman–Crippen LogP) is 3.00. The predicted molar refractivity (Wildman–Crippen MR) is 68.1 cm³/mol. The molecule has 1 aromatic carbocycles. The van der Waals surface area contributed by atoms with E-state index in [0.717, 1.165) is 24.0 Å². The molecule has 0 radical (unpaired) electrons. The smallest absolute Gasteiger partial charge is 0.251 e. The van der Waals surface area contributed by atoms with E-state index in [9.17, 15) is 4.79 Å². The van der Waals surface area contributed by atoms with Gasteiger partial charge in [0.2, 0.25) is 0 Å². The van der Waals surface area contributed by atoms with Crippen molar-refractivity contribution in [3.63, 3.8) is 0 Å². The Hall–Kier alpha value is -1.02. The van der Waals surface area contributed by atoms with Crippen molar-refractivity contribution in [2.24, 2.45) is 0 Å². The molecule has 0 bridgehead atoms. The van der Waals surface area contributed by atoms with Crippen LogP contribution in [-0.4, -0.2) is 17.8 Å². The molecule has 0 aromatic heterocycles. The van der Waals surface area contributed by atoms with E-state index in [2.05, 4.69) is 5.32 Å². The summed E-state index contributed by atoms with van der Waals surface area (Å²) in [6, 6.07) is 7.73. The molecule has 1 amide bonds. The molecule has 0 aliphatic heterocycles. The Labute approximate surface area is 102 Å². The summed E-state index contributed by atoms with van der Waals surface area (Å²) in [6.45, 7) is 4.06. The van der Waals surface area contributed by atoms with E-state index < -0.39 is 0 Å². The third kappa shape index (κ3) is 3.24. The Kier molecular flexibility index (Phi) is 5.33. The first-order chi connectivity index (χ1) is 7.72. The molecule has 0 aliphatic carbocycles. The quantitative estimate of drug-likeness (QED) is 0.787. The Balaban J connectivity index is 2.79. The van der Waals surface area contributed by atoms with Crippen LogP contribution in [-0.2, 0) is 6.42 Å². The molecule has 1 atom stereocenters. The number of alkyl halides is 1. The number of benzene rings is 1. The minimum atomic E-state index is -0.0232. The summed E-state index contributed by atoms with van der Waals surface area (Å²) in [6.07, 6.45) is 1.71. The van der Waals surface area contributed by atoms with E-state index in [1.54, 1.807) is 0 Å². The first kappa shape index (κ1) is 13.0. The number of nitrogens with one attached hydrogen (secondary N) is 1. The lowest BCUT2D eigenvalue weighted by molar-refractivity contribution is 0.0939. The molecular weight excluding hydrogens is 222 g/mol. The maximum atomic E-state index is 12.0. The lowest BCUT2D eigenvalue weighted by atomic mass is 10.0. The van der Waals surface area contributed by atoms with Crippen LogP contribution in [0.25, 0.3) is 0 Å². The third-order valence-corrected chi connectivity index (χ3v) is 3.03. The van der Waals surface area contributed by atoms with Crippen molar-refractivity contribution in [1.29, 1.82) is 0 Å². The first-order valence-electron chi connectivity index (χ1n) is 5.67. The van der Waals surface area contributed by atoms with E-state index in [1.807, 2.05) is 38.1 Å². The number of hydrogen-bond acceptors (Lipinski definition) is 1. The van der Waals surface area contributed by atoms with E-state index in [0.29, 0.717) is 5.88 Å². The molecule has 16 heavy (non-hydrogen) atoms. The normalized spacial score (nSPS) is 12.2. The zero-order valence-electron chi connectivity index (χ0n) is 9.79. The second-order valence-electron chi connectivity index (χ2n) is 3.74. The van der Waals surface area contributed by atoms with Gasteiger partial charge >= 0.3 is 0 Å². The Morgan fingerprint density at radius 2 is 2.06 bits per heavy atom. The molecule has 0 saturated heterocycles. The highest BCUT2D eigenvalue weighted by Gasteiger charge is 2.13. The van der Waals surface area contributed by atoms with Gasteiger partial charge in [-0.05, 0) is 24.5 Å². The number of carbonyl (C=O) groups is 1. The monoisotopic (exact) mass is 239 g/mol. The molecule has 0 fully saturated rings. The molecule has 88 valence electrons. The van der Waals surface area contributed by atoms with Gasteiger partial charge in [0.25, 0.3) is 5.91 Å². The Morgan fingerprint density at radius 3 is 2.62 bits per heavy atom. The highest BCUT2D eigenvalue weighted by atomic mass is 35.5. The zero-order valence-corrected chi connectivity index (χ0v) is 10.6. The number of rotatable bonds is 5. The van der Waals surface area contributed by atoms with Crippen LogP contribution < -0.4 is 5.32 Å². The largest absolute Gasteiger partial charge is 0.348 e. The van der Waals surface area contributed by atoms with Crippen molar-refractivity contribution < 1.29 is 4.79 Å². The summed E-state index contributed by atoms with van der Waals surface area (Å²) in [5, 5.41) is 2.94. The van der Waals surface area contributed by atoms with Crippen molar-refractivity contribution in [2.75, 3.05) is 5.88 Å². The zero-order chi connectivity index (χ0) is 12.0. The second-order valence-corrected chi connectivity index (χ2v) is 4.05. The molecule has 3 heteroatoms. The van der Waals surface area contributed by atoms with Crippen LogP contribution >= 0.6 is 11.6 Å². The standard InChI is InChI=1S/C13H18ClNO/c1-3-10-7-5-6-8-12(10)13(16)15-11(4-2)9-14/h5-8,11H,3-4,9H2,1-2H3,(H,15,16). The maximum Gasteiger partial charge on any atom is 0.251 e. The Bertz CT molecular complexity index is 348. The first-order valence-corrected chi connectivity index (χ1v) is 6.21. The SMILES string of the molecule is CCc1ccccc1C(=O)NC(CC)CCl. The molecule has 1 rings (SSSR count). The van der Waals surface area contributed by atoms with Crippen molar-refractivity contribution in [1.82, 2.24) is 5.32 Å². The van der Waals surface area contributed by atoms with Crippen molar-refractivity contribution >= 4 is 17.5 Å². The van der Waals surface area contributed by atoms with Crippen LogP contribution in [0.1, 0.15) is 36.2 Å². The highest BCUT2D eigenvalue weighted by molar-refractivity contribution is 6.18. The molecule has 0 saturated carbocycles. The van der Waals surface area contributed by atoms with Gasteiger partial charge in [0, 0.05) is 17.5 Å². The number of halogens is 1. The van der Waals surface area contributed by atoms with Crippen LogP contribution in [0.15, 0.2) is 24.3 Å². The molecule has 0 heterocycles. The molecule has 1 unspecified atom stereocenters. The van der Waals surface area contributed by atoms with Gasteiger partial charge < -0.3 is 5.32 Å². The molecular formula is C13H18ClNO. The number of amides is 1. The van der Waals surface area contributed by atoms with E-state index in [-0.39, 0.29) is 11.9 Å².